The molecule has 0 unspecified atom stereocenters. The lowest BCUT2D eigenvalue weighted by atomic mass is 9.94. The molecule has 0 saturated carbocycles. The van der Waals surface area contributed by atoms with Gasteiger partial charge < -0.3 is 5.32 Å². The van der Waals surface area contributed by atoms with Gasteiger partial charge in [-0.2, -0.15) is 5.21 Å². The molecule has 33 heavy (non-hydrogen) atoms. The third kappa shape index (κ3) is 5.28. The number of unbranched alkanes of at least 4 members (excludes halogenated alkanes) is 1. The first-order chi connectivity index (χ1) is 16.0. The van der Waals surface area contributed by atoms with Crippen molar-refractivity contribution in [3.8, 4) is 22.5 Å². The van der Waals surface area contributed by atoms with Gasteiger partial charge in [-0.05, 0) is 47.7 Å². The zero-order valence-electron chi connectivity index (χ0n) is 19.1. The van der Waals surface area contributed by atoms with E-state index >= 15 is 0 Å². The van der Waals surface area contributed by atoms with Crippen LogP contribution in [0.4, 0.5) is 5.82 Å². The highest BCUT2D eigenvalue weighted by Gasteiger charge is 2.17. The van der Waals surface area contributed by atoms with Crippen LogP contribution in [0.5, 0.6) is 0 Å². The molecule has 0 aliphatic carbocycles. The molecule has 0 saturated heterocycles. The number of aryl methyl sites for hydroxylation is 2. The number of nitrogens with one attached hydrogen (secondary N) is 2. The van der Waals surface area contributed by atoms with Gasteiger partial charge in [0.15, 0.2) is 0 Å². The van der Waals surface area contributed by atoms with Crippen LogP contribution >= 0.6 is 0 Å². The van der Waals surface area contributed by atoms with E-state index in [0.29, 0.717) is 23.9 Å². The highest BCUT2D eigenvalue weighted by atomic mass is 16.1. The van der Waals surface area contributed by atoms with Gasteiger partial charge in [-0.25, -0.2) is 9.97 Å². The molecule has 4 aromatic rings. The number of H-pyrrole nitrogens is 1. The van der Waals surface area contributed by atoms with E-state index in [1.54, 1.807) is 0 Å². The molecule has 8 heteroatoms. The molecule has 0 atom stereocenters. The average molecular weight is 442 g/mol. The first kappa shape index (κ1) is 22.3. The van der Waals surface area contributed by atoms with E-state index in [-0.39, 0.29) is 5.91 Å². The van der Waals surface area contributed by atoms with Gasteiger partial charge in [-0.3, -0.25) is 4.79 Å². The van der Waals surface area contributed by atoms with Crippen molar-refractivity contribution in [2.24, 2.45) is 0 Å². The number of hydrogen-bond donors (Lipinski definition) is 2. The topological polar surface area (TPSA) is 109 Å². The number of amides is 1. The van der Waals surface area contributed by atoms with Crippen molar-refractivity contribution in [1.29, 1.82) is 0 Å². The maximum atomic E-state index is 11.9. The minimum Gasteiger partial charge on any atom is -0.311 e. The van der Waals surface area contributed by atoms with Gasteiger partial charge in [-0.15, -0.1) is 10.2 Å². The number of carbonyl (C=O) groups excluding carboxylic acids is 1. The van der Waals surface area contributed by atoms with Gasteiger partial charge in [0.25, 0.3) is 0 Å². The second-order valence-electron chi connectivity index (χ2n) is 7.99. The molecule has 1 amide bonds. The summed E-state index contributed by atoms with van der Waals surface area (Å²) < 4.78 is 0. The summed E-state index contributed by atoms with van der Waals surface area (Å²) in [6, 6.07) is 16.4. The molecule has 0 fully saturated rings. The maximum Gasteiger partial charge on any atom is 0.222 e. The number of tetrazole rings is 1. The first-order valence-corrected chi connectivity index (χ1v) is 11.1. The number of anilines is 1. The van der Waals surface area contributed by atoms with Crippen molar-refractivity contribution in [2.75, 3.05) is 5.32 Å². The predicted octanol–water partition coefficient (Wildman–Crippen LogP) is 4.52. The number of nitrogens with zero attached hydrogens (tertiary/aromatic N) is 5. The highest BCUT2D eigenvalue weighted by Crippen LogP contribution is 2.32. The number of aromatic nitrogens is 6. The van der Waals surface area contributed by atoms with Gasteiger partial charge >= 0.3 is 0 Å². The Balaban J connectivity index is 1.79. The fourth-order valence-corrected chi connectivity index (χ4v) is 3.90. The molecule has 168 valence electrons. The van der Waals surface area contributed by atoms with E-state index < -0.39 is 0 Å². The van der Waals surface area contributed by atoms with Gasteiger partial charge in [0.1, 0.15) is 11.6 Å². The Morgan fingerprint density at radius 2 is 1.88 bits per heavy atom. The number of rotatable bonds is 8. The van der Waals surface area contributed by atoms with Crippen molar-refractivity contribution in [3.63, 3.8) is 0 Å². The quantitative estimate of drug-likeness (QED) is 0.416. The van der Waals surface area contributed by atoms with Crippen LogP contribution in [-0.2, 0) is 17.6 Å². The fraction of sp³-hybridized carbons (Fsp3) is 0.280. The van der Waals surface area contributed by atoms with Crippen molar-refractivity contribution in [3.05, 3.63) is 71.2 Å². The van der Waals surface area contributed by atoms with Crippen LogP contribution in [0.2, 0.25) is 0 Å². The van der Waals surface area contributed by atoms with Gasteiger partial charge in [0.2, 0.25) is 11.7 Å². The molecule has 0 aliphatic heterocycles. The largest absolute Gasteiger partial charge is 0.311 e. The molecule has 2 N–H and O–H groups in total. The lowest BCUT2D eigenvalue weighted by molar-refractivity contribution is -0.114. The third-order valence-corrected chi connectivity index (χ3v) is 5.40. The van der Waals surface area contributed by atoms with Crippen LogP contribution in [0.1, 0.15) is 49.3 Å². The maximum absolute atomic E-state index is 11.9. The summed E-state index contributed by atoms with van der Waals surface area (Å²) in [7, 11) is 0. The Morgan fingerprint density at radius 3 is 2.58 bits per heavy atom. The second kappa shape index (κ2) is 10.1. The van der Waals surface area contributed by atoms with Crippen LogP contribution in [0.15, 0.2) is 48.5 Å². The summed E-state index contributed by atoms with van der Waals surface area (Å²) in [5.41, 5.74) is 5.94. The third-order valence-electron chi connectivity index (χ3n) is 5.40. The molecule has 0 spiro atoms. The molecule has 4 rings (SSSR count). The molecule has 0 aliphatic rings. The van der Waals surface area contributed by atoms with E-state index in [9.17, 15) is 4.79 Å². The summed E-state index contributed by atoms with van der Waals surface area (Å²) in [5, 5.41) is 17.6. The van der Waals surface area contributed by atoms with Gasteiger partial charge in [0.05, 0.1) is 0 Å². The lowest BCUT2D eigenvalue weighted by Crippen LogP contribution is -2.14. The van der Waals surface area contributed by atoms with Crippen molar-refractivity contribution >= 4 is 11.7 Å². The monoisotopic (exact) mass is 441 g/mol. The summed E-state index contributed by atoms with van der Waals surface area (Å²) in [5.74, 6) is 1.61. The molecule has 2 aromatic carbocycles. The van der Waals surface area contributed by atoms with Crippen LogP contribution in [0.3, 0.4) is 0 Å². The van der Waals surface area contributed by atoms with E-state index in [1.165, 1.54) is 6.92 Å². The number of aromatic amines is 1. The van der Waals surface area contributed by atoms with Crippen LogP contribution < -0.4 is 5.32 Å². The second-order valence-corrected chi connectivity index (χ2v) is 7.99. The Kier molecular flexibility index (Phi) is 6.83. The van der Waals surface area contributed by atoms with Crippen LogP contribution in [-0.4, -0.2) is 36.5 Å². The summed E-state index contributed by atoms with van der Waals surface area (Å²) >= 11 is 0. The predicted molar refractivity (Wildman–Crippen MR) is 128 cm³/mol. The first-order valence-electron chi connectivity index (χ1n) is 11.1. The fourth-order valence-electron chi connectivity index (χ4n) is 3.90. The van der Waals surface area contributed by atoms with Crippen LogP contribution in [0, 0.1) is 6.92 Å². The van der Waals surface area contributed by atoms with Gasteiger partial charge in [-0.1, -0.05) is 55.8 Å². The molecule has 0 bridgehead atoms. The van der Waals surface area contributed by atoms with E-state index in [1.807, 2.05) is 25.1 Å². The molecular formula is C25H27N7O. The normalized spacial score (nSPS) is 10.9. The zero-order chi connectivity index (χ0) is 23.2. The number of benzene rings is 2. The van der Waals surface area contributed by atoms with E-state index in [4.69, 9.17) is 4.98 Å². The zero-order valence-corrected chi connectivity index (χ0v) is 19.1. The minimum absolute atomic E-state index is 0.150. The molecule has 2 heterocycles. The van der Waals surface area contributed by atoms with Crippen molar-refractivity contribution < 1.29 is 4.79 Å². The van der Waals surface area contributed by atoms with E-state index in [2.05, 4.69) is 68.2 Å². The Morgan fingerprint density at radius 1 is 1.06 bits per heavy atom. The number of carbonyl (C=O) groups is 1. The summed E-state index contributed by atoms with van der Waals surface area (Å²) in [4.78, 5) is 21.1. The Labute approximate surface area is 192 Å². The van der Waals surface area contributed by atoms with E-state index in [0.717, 1.165) is 52.8 Å². The summed E-state index contributed by atoms with van der Waals surface area (Å²) in [6.45, 7) is 5.51. The molecule has 0 radical (unpaired) electrons. The van der Waals surface area contributed by atoms with Crippen molar-refractivity contribution in [1.82, 2.24) is 30.6 Å². The number of hydrogen-bond acceptors (Lipinski definition) is 6. The Hall–Kier alpha value is -3.94. The lowest BCUT2D eigenvalue weighted by Gasteiger charge is -2.16. The average Bonchev–Trinajstić information content (AvgIpc) is 3.34. The van der Waals surface area contributed by atoms with Crippen LogP contribution in [0.25, 0.3) is 22.5 Å². The minimum atomic E-state index is -0.150. The highest BCUT2D eigenvalue weighted by molar-refractivity contribution is 5.88. The van der Waals surface area contributed by atoms with Gasteiger partial charge in [0, 0.05) is 30.2 Å². The molecule has 8 nitrogen and oxygen atoms in total. The summed E-state index contributed by atoms with van der Waals surface area (Å²) in [6.07, 6.45) is 3.49. The molecule has 2 aromatic heterocycles. The standard InChI is InChI=1S/C25H27N7O/c1-4-5-11-23-22(24(28-17(3)33)27-16(2)26-23)15-18-12-13-20(19-9-7-6-8-10-19)21(14-18)25-29-31-32-30-25/h6-10,12-14H,4-5,11,15H2,1-3H3,(H,26,27,28,33)(H,29,30,31,32). The van der Waals surface area contributed by atoms with Crippen molar-refractivity contribution in [2.45, 2.75) is 46.5 Å². The SMILES string of the molecule is CCCCc1nc(C)nc(NC(C)=O)c1Cc1ccc(-c2ccccc2)c(-c2nn[nH]n2)c1. The Bertz CT molecular complexity index is 1240. The smallest absolute Gasteiger partial charge is 0.222 e. The molecular weight excluding hydrogens is 414 g/mol.